The lowest BCUT2D eigenvalue weighted by atomic mass is 10.1. The van der Waals surface area contributed by atoms with Crippen molar-refractivity contribution in [1.29, 1.82) is 0 Å². The van der Waals surface area contributed by atoms with Crippen LogP contribution in [0.25, 0.3) is 0 Å². The van der Waals surface area contributed by atoms with Crippen LogP contribution in [0.1, 0.15) is 17.2 Å². The second-order valence-electron chi connectivity index (χ2n) is 3.20. The highest BCUT2D eigenvalue weighted by atomic mass is 79.9. The normalized spacial score (nSPS) is 21.0. The van der Waals surface area contributed by atoms with Crippen LogP contribution in [0.4, 0.5) is 13.2 Å². The van der Waals surface area contributed by atoms with Gasteiger partial charge in [-0.2, -0.15) is 13.2 Å². The van der Waals surface area contributed by atoms with Gasteiger partial charge in [0.15, 0.2) is 0 Å². The van der Waals surface area contributed by atoms with Gasteiger partial charge in [0, 0.05) is 11.0 Å². The fraction of sp³-hybridized carbons (Fsp3) is 0.333. The van der Waals surface area contributed by atoms with Gasteiger partial charge >= 0.3 is 6.18 Å². The van der Waals surface area contributed by atoms with Crippen LogP contribution in [0.2, 0.25) is 0 Å². The summed E-state index contributed by atoms with van der Waals surface area (Å²) in [6.45, 7) is 0.285. The van der Waals surface area contributed by atoms with Crippen LogP contribution >= 0.6 is 15.9 Å². The second kappa shape index (κ2) is 3.24. The van der Waals surface area contributed by atoms with Gasteiger partial charge in [-0.25, -0.2) is 0 Å². The molecule has 76 valence electrons. The van der Waals surface area contributed by atoms with Crippen molar-refractivity contribution in [3.63, 3.8) is 0 Å². The Hall–Kier alpha value is -0.550. The van der Waals surface area contributed by atoms with Crippen LogP contribution < -0.4 is 5.32 Å². The first-order valence-electron chi connectivity index (χ1n) is 4.07. The maximum atomic E-state index is 12.5. The van der Waals surface area contributed by atoms with Crippen molar-refractivity contribution >= 4 is 15.9 Å². The van der Waals surface area contributed by atoms with Crippen LogP contribution in [0.3, 0.4) is 0 Å². The first-order chi connectivity index (χ1) is 6.48. The smallest absolute Gasteiger partial charge is 0.298 e. The third-order valence-electron chi connectivity index (χ3n) is 2.24. The molecule has 2 rings (SSSR count). The van der Waals surface area contributed by atoms with Gasteiger partial charge in [0.05, 0.1) is 0 Å². The summed E-state index contributed by atoms with van der Waals surface area (Å²) in [5, 5.41) is 2.44. The van der Waals surface area contributed by atoms with Gasteiger partial charge in [0.25, 0.3) is 0 Å². The number of fused-ring (bicyclic) bond motifs is 1. The monoisotopic (exact) mass is 265 g/mol. The Morgan fingerprint density at radius 2 is 2.07 bits per heavy atom. The maximum absolute atomic E-state index is 12.5. The molecular weight excluding hydrogens is 259 g/mol. The molecule has 14 heavy (non-hydrogen) atoms. The van der Waals surface area contributed by atoms with Crippen molar-refractivity contribution in [2.24, 2.45) is 0 Å². The summed E-state index contributed by atoms with van der Waals surface area (Å²) in [6.07, 6.45) is -4.22. The van der Waals surface area contributed by atoms with Crippen LogP contribution in [0.15, 0.2) is 22.7 Å². The first kappa shape index (κ1) is 9.98. The van der Waals surface area contributed by atoms with E-state index in [0.717, 1.165) is 5.56 Å². The van der Waals surface area contributed by atoms with E-state index in [-0.39, 0.29) is 6.54 Å². The fourth-order valence-electron chi connectivity index (χ4n) is 1.61. The number of hydrogen-bond donors (Lipinski definition) is 1. The molecule has 0 bridgehead atoms. The van der Waals surface area contributed by atoms with Gasteiger partial charge in [-0.15, -0.1) is 0 Å². The highest BCUT2D eigenvalue weighted by molar-refractivity contribution is 9.10. The summed E-state index contributed by atoms with van der Waals surface area (Å²) in [5.41, 5.74) is 1.04. The predicted octanol–water partition coefficient (Wildman–Crippen LogP) is 3.16. The third kappa shape index (κ3) is 1.66. The Morgan fingerprint density at radius 3 is 2.71 bits per heavy atom. The average molecular weight is 266 g/mol. The minimum absolute atomic E-state index is 0.285. The molecule has 1 aliphatic heterocycles. The zero-order valence-electron chi connectivity index (χ0n) is 7.03. The number of nitrogens with one attached hydrogen (secondary N) is 1. The van der Waals surface area contributed by atoms with E-state index in [0.29, 0.717) is 10.0 Å². The predicted molar refractivity (Wildman–Crippen MR) is 49.8 cm³/mol. The summed E-state index contributed by atoms with van der Waals surface area (Å²) in [5.74, 6) is 0. The van der Waals surface area contributed by atoms with Crippen molar-refractivity contribution in [1.82, 2.24) is 5.32 Å². The highest BCUT2D eigenvalue weighted by Crippen LogP contribution is 2.39. The molecule has 0 aliphatic carbocycles. The lowest BCUT2D eigenvalue weighted by Crippen LogP contribution is -2.28. The van der Waals surface area contributed by atoms with E-state index in [1.807, 2.05) is 0 Å². The molecule has 0 saturated heterocycles. The van der Waals surface area contributed by atoms with Crippen molar-refractivity contribution in [2.45, 2.75) is 18.8 Å². The molecule has 0 unspecified atom stereocenters. The van der Waals surface area contributed by atoms with Crippen LogP contribution in [0, 0.1) is 0 Å². The molecule has 1 aromatic rings. The lowest BCUT2D eigenvalue weighted by Gasteiger charge is -2.15. The third-order valence-corrected chi connectivity index (χ3v) is 2.74. The molecule has 0 spiro atoms. The molecule has 0 amide bonds. The van der Waals surface area contributed by atoms with E-state index < -0.39 is 12.2 Å². The number of halogens is 4. The minimum atomic E-state index is -4.22. The largest absolute Gasteiger partial charge is 0.407 e. The number of benzene rings is 1. The molecule has 0 fully saturated rings. The highest BCUT2D eigenvalue weighted by Gasteiger charge is 2.44. The molecule has 1 nitrogen and oxygen atoms in total. The van der Waals surface area contributed by atoms with Crippen LogP contribution in [0.5, 0.6) is 0 Å². The molecule has 1 aromatic carbocycles. The Balaban J connectivity index is 2.43. The first-order valence-corrected chi connectivity index (χ1v) is 4.86. The fourth-order valence-corrected chi connectivity index (χ4v) is 1.99. The van der Waals surface area contributed by atoms with Crippen molar-refractivity contribution in [3.8, 4) is 0 Å². The van der Waals surface area contributed by atoms with Gasteiger partial charge in [0.2, 0.25) is 0 Å². The van der Waals surface area contributed by atoms with E-state index in [2.05, 4.69) is 21.2 Å². The molecular formula is C9H7BrF3N. The number of alkyl halides is 3. The summed E-state index contributed by atoms with van der Waals surface area (Å²) >= 11 is 3.16. The van der Waals surface area contributed by atoms with Gasteiger partial charge in [0.1, 0.15) is 6.04 Å². The minimum Gasteiger partial charge on any atom is -0.298 e. The Labute approximate surface area is 87.4 Å². The van der Waals surface area contributed by atoms with Crippen molar-refractivity contribution in [2.75, 3.05) is 0 Å². The quantitative estimate of drug-likeness (QED) is 0.760. The van der Waals surface area contributed by atoms with E-state index in [1.54, 1.807) is 12.1 Å². The van der Waals surface area contributed by atoms with Gasteiger partial charge < -0.3 is 0 Å². The molecule has 1 N–H and O–H groups in total. The van der Waals surface area contributed by atoms with Gasteiger partial charge in [-0.1, -0.05) is 22.0 Å². The van der Waals surface area contributed by atoms with Crippen LogP contribution in [-0.4, -0.2) is 6.18 Å². The van der Waals surface area contributed by atoms with Crippen molar-refractivity contribution < 1.29 is 13.2 Å². The molecule has 1 aliphatic rings. The molecule has 1 atom stereocenters. The average Bonchev–Trinajstić information content (AvgIpc) is 2.45. The van der Waals surface area contributed by atoms with E-state index in [4.69, 9.17) is 0 Å². The van der Waals surface area contributed by atoms with Gasteiger partial charge in [-0.05, 0) is 23.3 Å². The summed E-state index contributed by atoms with van der Waals surface area (Å²) in [6, 6.07) is 3.46. The van der Waals surface area contributed by atoms with E-state index in [1.165, 1.54) is 6.07 Å². The van der Waals surface area contributed by atoms with E-state index >= 15 is 0 Å². The van der Waals surface area contributed by atoms with Crippen LogP contribution in [-0.2, 0) is 6.54 Å². The Kier molecular flexibility index (Phi) is 2.31. The maximum Gasteiger partial charge on any atom is 0.407 e. The second-order valence-corrected chi connectivity index (χ2v) is 4.11. The Morgan fingerprint density at radius 1 is 1.36 bits per heavy atom. The number of rotatable bonds is 0. The zero-order valence-corrected chi connectivity index (χ0v) is 8.61. The summed E-state index contributed by atoms with van der Waals surface area (Å²) < 4.78 is 38.2. The summed E-state index contributed by atoms with van der Waals surface area (Å²) in [7, 11) is 0. The zero-order chi connectivity index (χ0) is 10.3. The van der Waals surface area contributed by atoms with Crippen molar-refractivity contribution in [3.05, 3.63) is 33.8 Å². The van der Waals surface area contributed by atoms with Gasteiger partial charge in [-0.3, -0.25) is 5.32 Å². The number of hydrogen-bond acceptors (Lipinski definition) is 1. The SMILES string of the molecule is FC(F)(F)[C@H]1NCc2ccc(Br)cc21. The Bertz CT molecular complexity index is 362. The summed E-state index contributed by atoms with van der Waals surface area (Å²) in [4.78, 5) is 0. The van der Waals surface area contributed by atoms with E-state index in [9.17, 15) is 13.2 Å². The molecule has 0 radical (unpaired) electrons. The molecule has 1 heterocycles. The topological polar surface area (TPSA) is 12.0 Å². The molecule has 5 heteroatoms. The standard InChI is InChI=1S/C9H7BrF3N/c10-6-2-1-5-4-14-8(7(5)3-6)9(11,12)13/h1-3,8,14H,4H2/t8-/m0/s1. The molecule has 0 saturated carbocycles. The lowest BCUT2D eigenvalue weighted by molar-refractivity contribution is -0.155. The molecule has 0 aromatic heterocycles.